The van der Waals surface area contributed by atoms with Crippen molar-refractivity contribution in [2.75, 3.05) is 18.9 Å². The second kappa shape index (κ2) is 6.92. The van der Waals surface area contributed by atoms with Gasteiger partial charge in [0.05, 0.1) is 5.69 Å². The number of carbonyl (C=O) groups excluding carboxylic acids is 1. The van der Waals surface area contributed by atoms with Crippen molar-refractivity contribution >= 4 is 11.6 Å². The molecule has 106 valence electrons. The third-order valence-corrected chi connectivity index (χ3v) is 2.45. The Morgan fingerprint density at radius 3 is 2.68 bits per heavy atom. The molecule has 0 aliphatic carbocycles. The Morgan fingerprint density at radius 1 is 1.37 bits per heavy atom. The van der Waals surface area contributed by atoms with Crippen molar-refractivity contribution in [3.63, 3.8) is 0 Å². The van der Waals surface area contributed by atoms with Crippen molar-refractivity contribution in [3.05, 3.63) is 23.8 Å². The predicted octanol–water partition coefficient (Wildman–Crippen LogP) is 2.09. The van der Waals surface area contributed by atoms with Gasteiger partial charge in [0.15, 0.2) is 18.2 Å². The summed E-state index contributed by atoms with van der Waals surface area (Å²) < 4.78 is 31.3. The molecule has 1 rings (SSSR count). The fraction of sp³-hybridized carbons (Fsp3) is 0.462. The summed E-state index contributed by atoms with van der Waals surface area (Å²) in [6.07, 6.45) is 0.844. The summed E-state index contributed by atoms with van der Waals surface area (Å²) in [6.45, 7) is 4.24. The first-order valence-corrected chi connectivity index (χ1v) is 6.04. The van der Waals surface area contributed by atoms with E-state index in [1.165, 1.54) is 0 Å². The molecule has 0 aliphatic rings. The van der Waals surface area contributed by atoms with E-state index in [-0.39, 0.29) is 24.0 Å². The first-order chi connectivity index (χ1) is 8.90. The smallest absolute Gasteiger partial charge is 0.257 e. The monoisotopic (exact) mass is 272 g/mol. The lowest BCUT2D eigenvalue weighted by molar-refractivity contribution is -0.123. The lowest BCUT2D eigenvalue weighted by atomic mass is 10.1. The number of anilines is 1. The summed E-state index contributed by atoms with van der Waals surface area (Å²) in [4.78, 5) is 11.4. The molecule has 0 radical (unpaired) electrons. The van der Waals surface area contributed by atoms with E-state index < -0.39 is 11.6 Å². The quantitative estimate of drug-likeness (QED) is 0.779. The molecule has 0 aliphatic heterocycles. The largest absolute Gasteiger partial charge is 0.481 e. The molecule has 0 fully saturated rings. The van der Waals surface area contributed by atoms with E-state index in [1.54, 1.807) is 0 Å². The van der Waals surface area contributed by atoms with Crippen LogP contribution in [0.3, 0.4) is 0 Å². The molecule has 1 amide bonds. The van der Waals surface area contributed by atoms with E-state index >= 15 is 0 Å². The van der Waals surface area contributed by atoms with Gasteiger partial charge >= 0.3 is 0 Å². The number of nitrogens with two attached hydrogens (primary N) is 1. The molecule has 0 spiro atoms. The van der Waals surface area contributed by atoms with Crippen molar-refractivity contribution in [2.45, 2.75) is 20.3 Å². The number of hydrogen-bond donors (Lipinski definition) is 2. The Bertz CT molecular complexity index is 451. The second-order valence-electron chi connectivity index (χ2n) is 4.63. The van der Waals surface area contributed by atoms with Crippen LogP contribution in [0.5, 0.6) is 5.75 Å². The first kappa shape index (κ1) is 15.2. The van der Waals surface area contributed by atoms with Crippen LogP contribution in [0, 0.1) is 17.6 Å². The minimum Gasteiger partial charge on any atom is -0.481 e. The Morgan fingerprint density at radius 2 is 2.05 bits per heavy atom. The zero-order valence-corrected chi connectivity index (χ0v) is 11.0. The molecule has 0 aromatic heterocycles. The number of ether oxygens (including phenoxy) is 1. The molecule has 1 aromatic carbocycles. The maximum absolute atomic E-state index is 13.3. The van der Waals surface area contributed by atoms with Crippen LogP contribution >= 0.6 is 0 Å². The Labute approximate surface area is 110 Å². The van der Waals surface area contributed by atoms with Gasteiger partial charge in [-0.1, -0.05) is 13.8 Å². The zero-order chi connectivity index (χ0) is 14.4. The summed E-state index contributed by atoms with van der Waals surface area (Å²) in [7, 11) is 0. The van der Waals surface area contributed by atoms with Gasteiger partial charge in [-0.25, -0.2) is 8.78 Å². The molecule has 0 saturated heterocycles. The Hall–Kier alpha value is -1.85. The normalized spacial score (nSPS) is 10.6. The number of nitrogen functional groups attached to an aromatic ring is 1. The Balaban J connectivity index is 2.44. The summed E-state index contributed by atoms with van der Waals surface area (Å²) >= 11 is 0. The predicted molar refractivity (Wildman–Crippen MR) is 68.7 cm³/mol. The minimum atomic E-state index is -0.797. The van der Waals surface area contributed by atoms with Crippen LogP contribution < -0.4 is 15.8 Å². The molecule has 0 unspecified atom stereocenters. The van der Waals surface area contributed by atoms with E-state index in [2.05, 4.69) is 5.32 Å². The number of halogens is 2. The molecule has 19 heavy (non-hydrogen) atoms. The van der Waals surface area contributed by atoms with E-state index in [4.69, 9.17) is 10.5 Å². The number of hydrogen-bond acceptors (Lipinski definition) is 3. The van der Waals surface area contributed by atoms with E-state index in [0.717, 1.165) is 18.6 Å². The average molecular weight is 272 g/mol. The highest BCUT2D eigenvalue weighted by molar-refractivity contribution is 5.77. The van der Waals surface area contributed by atoms with Crippen LogP contribution in [0.2, 0.25) is 0 Å². The molecule has 0 saturated carbocycles. The van der Waals surface area contributed by atoms with Crippen LogP contribution in [0.4, 0.5) is 14.5 Å². The molecule has 4 nitrogen and oxygen atoms in total. The van der Waals surface area contributed by atoms with Gasteiger partial charge in [0.25, 0.3) is 5.91 Å². The van der Waals surface area contributed by atoms with Gasteiger partial charge in [-0.15, -0.1) is 0 Å². The molecule has 1 aromatic rings. The van der Waals surface area contributed by atoms with Gasteiger partial charge in [-0.3, -0.25) is 4.79 Å². The molecule has 3 N–H and O–H groups in total. The Kier molecular flexibility index (Phi) is 5.54. The fourth-order valence-electron chi connectivity index (χ4n) is 1.35. The maximum Gasteiger partial charge on any atom is 0.257 e. The van der Waals surface area contributed by atoms with Crippen LogP contribution in [0.1, 0.15) is 20.3 Å². The number of nitrogens with one attached hydrogen (secondary N) is 1. The van der Waals surface area contributed by atoms with Crippen molar-refractivity contribution in [1.82, 2.24) is 5.32 Å². The maximum atomic E-state index is 13.3. The van der Waals surface area contributed by atoms with Crippen molar-refractivity contribution < 1.29 is 18.3 Å². The summed E-state index contributed by atoms with van der Waals surface area (Å²) in [5, 5.41) is 2.62. The van der Waals surface area contributed by atoms with Gasteiger partial charge in [-0.05, 0) is 12.3 Å². The van der Waals surface area contributed by atoms with Crippen LogP contribution in [0.15, 0.2) is 12.1 Å². The molecular weight excluding hydrogens is 254 g/mol. The van der Waals surface area contributed by atoms with Gasteiger partial charge in [0.2, 0.25) is 0 Å². The van der Waals surface area contributed by atoms with Crippen LogP contribution in [-0.2, 0) is 4.79 Å². The zero-order valence-electron chi connectivity index (χ0n) is 11.0. The third kappa shape index (κ3) is 5.11. The summed E-state index contributed by atoms with van der Waals surface area (Å²) in [5.74, 6) is -1.81. The molecule has 0 atom stereocenters. The van der Waals surface area contributed by atoms with Gasteiger partial charge in [0.1, 0.15) is 5.82 Å². The number of benzene rings is 1. The lowest BCUT2D eigenvalue weighted by Gasteiger charge is -2.10. The molecule has 0 heterocycles. The van der Waals surface area contributed by atoms with E-state index in [0.29, 0.717) is 12.5 Å². The van der Waals surface area contributed by atoms with Crippen molar-refractivity contribution in [3.8, 4) is 5.75 Å². The summed E-state index contributed by atoms with van der Waals surface area (Å²) in [6, 6.07) is 1.65. The molecular formula is C13H18F2N2O2. The number of rotatable bonds is 6. The molecule has 6 heteroatoms. The summed E-state index contributed by atoms with van der Waals surface area (Å²) in [5.41, 5.74) is 4.89. The van der Waals surface area contributed by atoms with E-state index in [9.17, 15) is 13.6 Å². The highest BCUT2D eigenvalue weighted by Gasteiger charge is 2.10. The standard InChI is InChI=1S/C13H18F2N2O2/c1-8(2)3-4-17-13(18)7-19-12-6-9(14)11(16)5-10(12)15/h5-6,8H,3-4,7,16H2,1-2H3,(H,17,18). The van der Waals surface area contributed by atoms with E-state index in [1.807, 2.05) is 13.8 Å². The highest BCUT2D eigenvalue weighted by Crippen LogP contribution is 2.22. The average Bonchev–Trinajstić information content (AvgIpc) is 2.31. The fourth-order valence-corrected chi connectivity index (χ4v) is 1.35. The third-order valence-electron chi connectivity index (χ3n) is 2.45. The number of amides is 1. The van der Waals surface area contributed by atoms with Crippen LogP contribution in [-0.4, -0.2) is 19.1 Å². The SMILES string of the molecule is CC(C)CCNC(=O)COc1cc(F)c(N)cc1F. The van der Waals surface area contributed by atoms with Crippen molar-refractivity contribution in [2.24, 2.45) is 5.92 Å². The first-order valence-electron chi connectivity index (χ1n) is 6.04. The van der Waals surface area contributed by atoms with Gasteiger partial charge < -0.3 is 15.8 Å². The van der Waals surface area contributed by atoms with Crippen LogP contribution in [0.25, 0.3) is 0 Å². The van der Waals surface area contributed by atoms with Gasteiger partial charge in [-0.2, -0.15) is 0 Å². The topological polar surface area (TPSA) is 64.3 Å². The number of carbonyl (C=O) groups is 1. The molecule has 0 bridgehead atoms. The minimum absolute atomic E-state index is 0.300. The van der Waals surface area contributed by atoms with Crippen molar-refractivity contribution in [1.29, 1.82) is 0 Å². The lowest BCUT2D eigenvalue weighted by Crippen LogP contribution is -2.30. The highest BCUT2D eigenvalue weighted by atomic mass is 19.1. The van der Waals surface area contributed by atoms with Gasteiger partial charge in [0, 0.05) is 18.7 Å². The second-order valence-corrected chi connectivity index (χ2v) is 4.63.